The molecule has 6 heteroatoms. The third-order valence-electron chi connectivity index (χ3n) is 4.93. The van der Waals surface area contributed by atoms with Crippen LogP contribution in [0, 0.1) is 5.92 Å². The van der Waals surface area contributed by atoms with Gasteiger partial charge in [-0.1, -0.05) is 0 Å². The molecule has 0 bridgehead atoms. The molecule has 1 N–H and O–H groups in total. The van der Waals surface area contributed by atoms with E-state index in [1.165, 1.54) is 5.56 Å². The van der Waals surface area contributed by atoms with Crippen molar-refractivity contribution in [2.45, 2.75) is 51.8 Å². The molecule has 1 fully saturated rings. The van der Waals surface area contributed by atoms with Crippen molar-refractivity contribution in [3.8, 4) is 0 Å². The Balaban J connectivity index is 1.54. The van der Waals surface area contributed by atoms with Crippen LogP contribution in [0.2, 0.25) is 0 Å². The summed E-state index contributed by atoms with van der Waals surface area (Å²) < 4.78 is 3.94. The number of aliphatic hydroxyl groups excluding tert-OH is 1. The van der Waals surface area contributed by atoms with Crippen LogP contribution < -0.4 is 0 Å². The van der Waals surface area contributed by atoms with E-state index in [0.29, 0.717) is 5.92 Å². The van der Waals surface area contributed by atoms with Crippen molar-refractivity contribution < 1.29 is 5.11 Å². The van der Waals surface area contributed by atoms with Gasteiger partial charge in [0.25, 0.3) is 0 Å². The third-order valence-corrected chi connectivity index (χ3v) is 4.93. The number of hydrogen-bond donors (Lipinski definition) is 1. The molecule has 3 rings (SSSR count). The van der Waals surface area contributed by atoms with E-state index in [4.69, 9.17) is 0 Å². The van der Waals surface area contributed by atoms with Crippen LogP contribution in [-0.4, -0.2) is 42.4 Å². The van der Waals surface area contributed by atoms with E-state index < -0.39 is 6.10 Å². The first kappa shape index (κ1) is 17.2. The fraction of sp³-hybridized carbons (Fsp3) is 0.667. The lowest BCUT2D eigenvalue weighted by Crippen LogP contribution is -2.35. The molecule has 1 atom stereocenters. The summed E-state index contributed by atoms with van der Waals surface area (Å²) in [5, 5.41) is 15.0. The third kappa shape index (κ3) is 3.70. The van der Waals surface area contributed by atoms with Gasteiger partial charge >= 0.3 is 0 Å². The van der Waals surface area contributed by atoms with Crippen molar-refractivity contribution in [1.29, 1.82) is 0 Å². The Bertz CT molecular complexity index is 661. The highest BCUT2D eigenvalue weighted by molar-refractivity contribution is 5.06. The first-order chi connectivity index (χ1) is 11.3. The second-order valence-electron chi connectivity index (χ2n) is 7.92. The van der Waals surface area contributed by atoms with Gasteiger partial charge in [-0.15, -0.1) is 0 Å². The summed E-state index contributed by atoms with van der Waals surface area (Å²) in [7, 11) is 1.94. The van der Waals surface area contributed by atoms with Gasteiger partial charge in [-0.2, -0.15) is 5.10 Å². The molecule has 1 saturated heterocycles. The van der Waals surface area contributed by atoms with Crippen LogP contribution in [0.5, 0.6) is 0 Å². The average Bonchev–Trinajstić information content (AvgIpc) is 3.16. The summed E-state index contributed by atoms with van der Waals surface area (Å²) in [4.78, 5) is 6.74. The summed E-state index contributed by atoms with van der Waals surface area (Å²) in [5.41, 5.74) is 1.28. The van der Waals surface area contributed by atoms with Crippen molar-refractivity contribution in [3.63, 3.8) is 0 Å². The summed E-state index contributed by atoms with van der Waals surface area (Å²) in [6.45, 7) is 9.43. The van der Waals surface area contributed by atoms with Gasteiger partial charge in [0.1, 0.15) is 11.9 Å². The highest BCUT2D eigenvalue weighted by Gasteiger charge is 2.28. The summed E-state index contributed by atoms with van der Waals surface area (Å²) in [5.74, 6) is 1.07. The maximum Gasteiger partial charge on any atom is 0.137 e. The van der Waals surface area contributed by atoms with E-state index >= 15 is 0 Å². The van der Waals surface area contributed by atoms with Crippen molar-refractivity contribution in [2.24, 2.45) is 13.0 Å². The van der Waals surface area contributed by atoms with Crippen LogP contribution in [0.25, 0.3) is 0 Å². The molecule has 0 amide bonds. The number of aliphatic hydroxyl groups is 1. The topological polar surface area (TPSA) is 59.1 Å². The van der Waals surface area contributed by atoms with E-state index in [-0.39, 0.29) is 5.54 Å². The molecule has 0 aromatic carbocycles. The molecular weight excluding hydrogens is 302 g/mol. The Morgan fingerprint density at radius 3 is 2.54 bits per heavy atom. The summed E-state index contributed by atoms with van der Waals surface area (Å²) in [6.07, 6.45) is 9.30. The predicted octanol–water partition coefficient (Wildman–Crippen LogP) is 2.32. The lowest BCUT2D eigenvalue weighted by atomic mass is 9.90. The van der Waals surface area contributed by atoms with Gasteiger partial charge in [0.05, 0.1) is 11.7 Å². The number of imidazole rings is 1. The smallest absolute Gasteiger partial charge is 0.137 e. The van der Waals surface area contributed by atoms with Crippen LogP contribution in [0.3, 0.4) is 0 Å². The first-order valence-corrected chi connectivity index (χ1v) is 8.76. The second kappa shape index (κ2) is 6.69. The van der Waals surface area contributed by atoms with Gasteiger partial charge in [-0.25, -0.2) is 4.98 Å². The Hall–Kier alpha value is -1.66. The molecule has 1 aliphatic heterocycles. The molecule has 0 saturated carbocycles. The zero-order chi connectivity index (χ0) is 17.3. The molecule has 0 aliphatic carbocycles. The second-order valence-corrected chi connectivity index (χ2v) is 7.92. The fourth-order valence-electron chi connectivity index (χ4n) is 3.37. The van der Waals surface area contributed by atoms with Gasteiger partial charge in [0.2, 0.25) is 0 Å². The number of rotatable bonds is 4. The number of nitrogens with zero attached hydrogens (tertiary/aromatic N) is 5. The number of aromatic nitrogens is 4. The van der Waals surface area contributed by atoms with Crippen LogP contribution in [0.15, 0.2) is 24.8 Å². The standard InChI is InChI=1S/C18H29N5O/c1-18(2,3)23-13-14(11-20-23)12-22-8-5-15(6-9-22)16(24)17-19-7-10-21(17)4/h7,10-11,13,15-16,24H,5-6,8-9,12H2,1-4H3/t16-/m1/s1. The molecule has 1 aliphatic rings. The van der Waals surface area contributed by atoms with E-state index in [0.717, 1.165) is 38.3 Å². The van der Waals surface area contributed by atoms with Gasteiger partial charge in [-0.05, 0) is 52.6 Å². The Kier molecular flexibility index (Phi) is 4.78. The Labute approximate surface area is 144 Å². The van der Waals surface area contributed by atoms with E-state index in [1.54, 1.807) is 6.20 Å². The highest BCUT2D eigenvalue weighted by Crippen LogP contribution is 2.30. The zero-order valence-corrected chi connectivity index (χ0v) is 15.2. The molecule has 3 heterocycles. The van der Waals surface area contributed by atoms with Gasteiger partial charge < -0.3 is 9.67 Å². The molecule has 0 spiro atoms. The van der Waals surface area contributed by atoms with Crippen molar-refractivity contribution in [2.75, 3.05) is 13.1 Å². The molecule has 0 unspecified atom stereocenters. The number of aryl methyl sites for hydroxylation is 1. The number of hydrogen-bond acceptors (Lipinski definition) is 4. The average molecular weight is 331 g/mol. The largest absolute Gasteiger partial charge is 0.385 e. The molecule has 6 nitrogen and oxygen atoms in total. The Morgan fingerprint density at radius 2 is 2.00 bits per heavy atom. The molecule has 2 aromatic rings. The van der Waals surface area contributed by atoms with Crippen molar-refractivity contribution in [3.05, 3.63) is 36.2 Å². The fourth-order valence-corrected chi connectivity index (χ4v) is 3.37. The lowest BCUT2D eigenvalue weighted by molar-refractivity contribution is 0.0492. The van der Waals surface area contributed by atoms with Crippen LogP contribution in [-0.2, 0) is 19.1 Å². The monoisotopic (exact) mass is 331 g/mol. The Morgan fingerprint density at radius 1 is 1.29 bits per heavy atom. The van der Waals surface area contributed by atoms with Crippen LogP contribution in [0.4, 0.5) is 0 Å². The van der Waals surface area contributed by atoms with Gasteiger partial charge in [0.15, 0.2) is 0 Å². The molecular formula is C18H29N5O. The van der Waals surface area contributed by atoms with Crippen molar-refractivity contribution >= 4 is 0 Å². The minimum absolute atomic E-state index is 0.0252. The lowest BCUT2D eigenvalue weighted by Gasteiger charge is -2.33. The minimum Gasteiger partial charge on any atom is -0.385 e. The van der Waals surface area contributed by atoms with Gasteiger partial charge in [0, 0.05) is 37.7 Å². The normalized spacial score (nSPS) is 18.9. The van der Waals surface area contributed by atoms with Crippen LogP contribution in [0.1, 0.15) is 51.1 Å². The van der Waals surface area contributed by atoms with Crippen molar-refractivity contribution in [1.82, 2.24) is 24.2 Å². The van der Waals surface area contributed by atoms with Crippen LogP contribution >= 0.6 is 0 Å². The summed E-state index contributed by atoms with van der Waals surface area (Å²) in [6, 6.07) is 0. The minimum atomic E-state index is -0.462. The molecule has 0 radical (unpaired) electrons. The van der Waals surface area contributed by atoms with Gasteiger partial charge in [-0.3, -0.25) is 9.58 Å². The highest BCUT2D eigenvalue weighted by atomic mass is 16.3. The zero-order valence-electron chi connectivity index (χ0n) is 15.2. The maximum atomic E-state index is 10.6. The predicted molar refractivity (Wildman–Crippen MR) is 93.4 cm³/mol. The molecule has 132 valence electrons. The first-order valence-electron chi connectivity index (χ1n) is 8.76. The quantitative estimate of drug-likeness (QED) is 0.934. The number of likely N-dealkylation sites (tertiary alicyclic amines) is 1. The molecule has 2 aromatic heterocycles. The van der Waals surface area contributed by atoms with E-state index in [2.05, 4.69) is 42.0 Å². The SMILES string of the molecule is Cn1ccnc1[C@H](O)C1CCN(Cc2cnn(C(C)(C)C)c2)CC1. The maximum absolute atomic E-state index is 10.6. The van der Waals surface area contributed by atoms with E-state index in [1.807, 2.05) is 28.7 Å². The van der Waals surface area contributed by atoms with E-state index in [9.17, 15) is 5.11 Å². The summed E-state index contributed by atoms with van der Waals surface area (Å²) >= 11 is 0. The number of piperidine rings is 1. The molecule has 24 heavy (non-hydrogen) atoms.